The maximum Gasteiger partial charge on any atom is 0.266 e. The van der Waals surface area contributed by atoms with Crippen LogP contribution in [-0.2, 0) is 4.79 Å². The summed E-state index contributed by atoms with van der Waals surface area (Å²) in [6.45, 7) is 0. The number of hydrogen-bond donors (Lipinski definition) is 1. The van der Waals surface area contributed by atoms with Gasteiger partial charge in [0, 0.05) is 29.3 Å². The van der Waals surface area contributed by atoms with Crippen LogP contribution in [0.25, 0.3) is 6.08 Å². The molecule has 2 aromatic carbocycles. The zero-order chi connectivity index (χ0) is 17.7. The Balaban J connectivity index is 2.24. The van der Waals surface area contributed by atoms with Crippen molar-refractivity contribution in [3.8, 4) is 6.07 Å². The van der Waals surface area contributed by atoms with Crippen molar-refractivity contribution in [2.45, 2.75) is 0 Å². The van der Waals surface area contributed by atoms with Gasteiger partial charge in [-0.2, -0.15) is 5.26 Å². The van der Waals surface area contributed by atoms with Crippen molar-refractivity contribution < 1.29 is 4.79 Å². The monoisotopic (exact) mass is 403 g/mol. The fraction of sp³-hybridized carbons (Fsp3) is 0.111. The Hall–Kier alpha value is -2.29. The Kier molecular flexibility index (Phi) is 6.02. The van der Waals surface area contributed by atoms with Crippen LogP contribution in [0.1, 0.15) is 5.56 Å². The van der Waals surface area contributed by atoms with Crippen LogP contribution in [0.15, 0.2) is 52.5 Å². The highest BCUT2D eigenvalue weighted by molar-refractivity contribution is 9.10. The fourth-order valence-corrected chi connectivity index (χ4v) is 3.00. The molecule has 0 saturated carbocycles. The van der Waals surface area contributed by atoms with E-state index in [1.54, 1.807) is 30.3 Å². The molecule has 6 heteroatoms. The van der Waals surface area contributed by atoms with Gasteiger partial charge in [0.05, 0.1) is 5.69 Å². The molecule has 0 bridgehead atoms. The first kappa shape index (κ1) is 18.1. The summed E-state index contributed by atoms with van der Waals surface area (Å²) in [4.78, 5) is 14.2. The van der Waals surface area contributed by atoms with Crippen LogP contribution in [0.4, 0.5) is 11.4 Å². The van der Waals surface area contributed by atoms with Crippen LogP contribution >= 0.6 is 27.5 Å². The lowest BCUT2D eigenvalue weighted by atomic mass is 10.1. The third-order valence-electron chi connectivity index (χ3n) is 3.21. The second-order valence-electron chi connectivity index (χ2n) is 5.24. The normalized spacial score (nSPS) is 10.9. The molecule has 122 valence electrons. The number of benzene rings is 2. The van der Waals surface area contributed by atoms with Crippen LogP contribution in [0.2, 0.25) is 5.02 Å². The van der Waals surface area contributed by atoms with Gasteiger partial charge in [-0.25, -0.2) is 0 Å². The van der Waals surface area contributed by atoms with Crippen LogP contribution in [-0.4, -0.2) is 20.0 Å². The summed E-state index contributed by atoms with van der Waals surface area (Å²) in [6.07, 6.45) is 1.55. The average Bonchev–Trinajstić information content (AvgIpc) is 2.52. The molecule has 0 atom stereocenters. The molecule has 0 radical (unpaired) electrons. The summed E-state index contributed by atoms with van der Waals surface area (Å²) < 4.78 is 0.883. The minimum absolute atomic E-state index is 0.0134. The molecular weight excluding hydrogens is 390 g/mol. The van der Waals surface area contributed by atoms with Crippen molar-refractivity contribution in [1.82, 2.24) is 0 Å². The molecule has 0 aromatic heterocycles. The van der Waals surface area contributed by atoms with Gasteiger partial charge in [-0.15, -0.1) is 0 Å². The third kappa shape index (κ3) is 4.60. The maximum atomic E-state index is 12.3. The van der Waals surface area contributed by atoms with E-state index in [1.807, 2.05) is 43.3 Å². The second-order valence-corrected chi connectivity index (χ2v) is 6.53. The summed E-state index contributed by atoms with van der Waals surface area (Å²) in [5.41, 5.74) is 2.32. The predicted octanol–water partition coefficient (Wildman–Crippen LogP) is 4.71. The second kappa shape index (κ2) is 8.00. The number of anilines is 2. The maximum absolute atomic E-state index is 12.3. The van der Waals surface area contributed by atoms with Crippen LogP contribution in [0.5, 0.6) is 0 Å². The van der Waals surface area contributed by atoms with Crippen molar-refractivity contribution in [3.05, 3.63) is 63.1 Å². The molecule has 1 amide bonds. The highest BCUT2D eigenvalue weighted by atomic mass is 79.9. The Morgan fingerprint density at radius 2 is 2.04 bits per heavy atom. The van der Waals surface area contributed by atoms with Crippen LogP contribution in [0, 0.1) is 11.3 Å². The van der Waals surface area contributed by atoms with E-state index in [9.17, 15) is 10.1 Å². The predicted molar refractivity (Wildman–Crippen MR) is 102 cm³/mol. The zero-order valence-corrected chi connectivity index (χ0v) is 15.5. The molecule has 0 saturated heterocycles. The molecule has 1 N–H and O–H groups in total. The van der Waals surface area contributed by atoms with Gasteiger partial charge in [0.2, 0.25) is 0 Å². The average molecular weight is 405 g/mol. The van der Waals surface area contributed by atoms with Crippen LogP contribution < -0.4 is 10.2 Å². The molecule has 0 aliphatic rings. The smallest absolute Gasteiger partial charge is 0.266 e. The summed E-state index contributed by atoms with van der Waals surface area (Å²) in [5.74, 6) is -0.479. The van der Waals surface area contributed by atoms with Crippen molar-refractivity contribution in [3.63, 3.8) is 0 Å². The van der Waals surface area contributed by atoms with Gasteiger partial charge >= 0.3 is 0 Å². The number of carbonyl (C=O) groups is 1. The minimum Gasteiger partial charge on any atom is -0.377 e. The zero-order valence-electron chi connectivity index (χ0n) is 13.2. The molecule has 0 spiro atoms. The lowest BCUT2D eigenvalue weighted by Crippen LogP contribution is -2.13. The summed E-state index contributed by atoms with van der Waals surface area (Å²) >= 11 is 9.38. The molecule has 4 nitrogen and oxygen atoms in total. The number of nitrogens with one attached hydrogen (secondary N) is 1. The van der Waals surface area contributed by atoms with Gasteiger partial charge in [-0.1, -0.05) is 23.7 Å². The van der Waals surface area contributed by atoms with Gasteiger partial charge in [-0.05, 0) is 57.9 Å². The number of nitriles is 1. The standard InChI is InChI=1S/C18H15BrClN3O/c1-23(2)17-7-6-12(9-16(17)19)8-13(11-21)18(24)22-15-5-3-4-14(20)10-15/h3-10H,1-2H3,(H,22,24). The van der Waals surface area contributed by atoms with E-state index in [0.29, 0.717) is 10.7 Å². The van der Waals surface area contributed by atoms with Gasteiger partial charge in [0.15, 0.2) is 0 Å². The van der Waals surface area contributed by atoms with E-state index < -0.39 is 5.91 Å². The molecule has 0 aliphatic heterocycles. The SMILES string of the molecule is CN(C)c1ccc(C=C(C#N)C(=O)Nc2cccc(Cl)c2)cc1Br. The van der Waals surface area contributed by atoms with Gasteiger partial charge in [-0.3, -0.25) is 4.79 Å². The molecular formula is C18H15BrClN3O. The quantitative estimate of drug-likeness (QED) is 0.593. The van der Waals surface area contributed by atoms with E-state index in [2.05, 4.69) is 21.2 Å². The third-order valence-corrected chi connectivity index (χ3v) is 4.08. The largest absolute Gasteiger partial charge is 0.377 e. The summed E-state index contributed by atoms with van der Waals surface area (Å²) in [6, 6.07) is 14.3. The lowest BCUT2D eigenvalue weighted by molar-refractivity contribution is -0.112. The molecule has 0 aliphatic carbocycles. The first-order chi connectivity index (χ1) is 11.4. The number of rotatable bonds is 4. The Morgan fingerprint density at radius 3 is 2.62 bits per heavy atom. The highest BCUT2D eigenvalue weighted by Crippen LogP contribution is 2.26. The van der Waals surface area contributed by atoms with Gasteiger partial charge in [0.1, 0.15) is 11.6 Å². The highest BCUT2D eigenvalue weighted by Gasteiger charge is 2.10. The Morgan fingerprint density at radius 1 is 1.29 bits per heavy atom. The Labute approximate surface area is 154 Å². The van der Waals surface area contributed by atoms with Crippen molar-refractivity contribution in [1.29, 1.82) is 5.26 Å². The first-order valence-corrected chi connectivity index (χ1v) is 8.23. The van der Waals surface area contributed by atoms with E-state index in [1.165, 1.54) is 0 Å². The van der Waals surface area contributed by atoms with E-state index in [4.69, 9.17) is 11.6 Å². The topological polar surface area (TPSA) is 56.1 Å². The summed E-state index contributed by atoms with van der Waals surface area (Å²) in [5, 5.41) is 12.5. The van der Waals surface area contributed by atoms with Crippen molar-refractivity contribution >= 4 is 50.9 Å². The molecule has 0 unspecified atom stereocenters. The molecule has 2 rings (SSSR count). The minimum atomic E-state index is -0.479. The fourth-order valence-electron chi connectivity index (χ4n) is 2.06. The molecule has 2 aromatic rings. The molecule has 24 heavy (non-hydrogen) atoms. The molecule has 0 heterocycles. The summed E-state index contributed by atoms with van der Waals surface area (Å²) in [7, 11) is 3.88. The molecule has 0 fully saturated rings. The number of nitrogens with zero attached hydrogens (tertiary/aromatic N) is 2. The van der Waals surface area contributed by atoms with Crippen molar-refractivity contribution in [2.75, 3.05) is 24.3 Å². The lowest BCUT2D eigenvalue weighted by Gasteiger charge is -2.14. The number of halogens is 2. The van der Waals surface area contributed by atoms with E-state index in [-0.39, 0.29) is 5.57 Å². The number of amides is 1. The van der Waals surface area contributed by atoms with Gasteiger partial charge < -0.3 is 10.2 Å². The first-order valence-electron chi connectivity index (χ1n) is 7.06. The van der Waals surface area contributed by atoms with Crippen molar-refractivity contribution in [2.24, 2.45) is 0 Å². The van der Waals surface area contributed by atoms with Crippen LogP contribution in [0.3, 0.4) is 0 Å². The van der Waals surface area contributed by atoms with E-state index >= 15 is 0 Å². The van der Waals surface area contributed by atoms with Gasteiger partial charge in [0.25, 0.3) is 5.91 Å². The Bertz CT molecular complexity index is 840. The number of hydrogen-bond acceptors (Lipinski definition) is 3. The number of carbonyl (C=O) groups excluding carboxylic acids is 1. The van der Waals surface area contributed by atoms with E-state index in [0.717, 1.165) is 15.7 Å².